The van der Waals surface area contributed by atoms with Crippen LogP contribution in [0.25, 0.3) is 11.0 Å². The summed E-state index contributed by atoms with van der Waals surface area (Å²) in [5.41, 5.74) is 5.30. The van der Waals surface area contributed by atoms with Crippen LogP contribution < -0.4 is 0 Å². The van der Waals surface area contributed by atoms with Crippen LogP contribution in [0.4, 0.5) is 0 Å². The van der Waals surface area contributed by atoms with Gasteiger partial charge in [0.05, 0.1) is 17.4 Å². The lowest BCUT2D eigenvalue weighted by Gasteiger charge is -2.20. The van der Waals surface area contributed by atoms with E-state index in [0.717, 1.165) is 42.7 Å². The summed E-state index contributed by atoms with van der Waals surface area (Å²) in [6.45, 7) is 4.48. The predicted octanol–water partition coefficient (Wildman–Crippen LogP) is 3.17. The molecule has 1 fully saturated rings. The van der Waals surface area contributed by atoms with Crippen molar-refractivity contribution >= 4 is 16.9 Å². The topological polar surface area (TPSA) is 41.4 Å². The molecule has 1 atom stereocenters. The predicted molar refractivity (Wildman–Crippen MR) is 108 cm³/mol. The Hall–Kier alpha value is -2.66. The maximum Gasteiger partial charge on any atom is 0.253 e. The number of carbonyl (C=O) groups excluding carboxylic acids is 1. The minimum Gasteiger partial charge on any atom is -0.337 e. The van der Waals surface area contributed by atoms with E-state index < -0.39 is 0 Å². The summed E-state index contributed by atoms with van der Waals surface area (Å²) in [6.07, 6.45) is 2.93. The molecule has 0 spiro atoms. The van der Waals surface area contributed by atoms with Crippen LogP contribution in [0.2, 0.25) is 0 Å². The molecule has 5 nitrogen and oxygen atoms in total. The molecule has 5 heteroatoms. The fourth-order valence-corrected chi connectivity index (χ4v) is 3.78. The van der Waals surface area contributed by atoms with Crippen molar-refractivity contribution in [3.05, 3.63) is 65.5 Å². The third-order valence-corrected chi connectivity index (χ3v) is 5.51. The minimum atomic E-state index is 0.134. The molecule has 1 saturated heterocycles. The highest BCUT2D eigenvalue weighted by Crippen LogP contribution is 2.19. The molecule has 0 bridgehead atoms. The molecule has 2 aromatic carbocycles. The second-order valence-corrected chi connectivity index (χ2v) is 7.72. The molecule has 0 saturated carbocycles. The number of hydrogen-bond donors (Lipinski definition) is 0. The number of aryl methyl sites for hydroxylation is 1. The van der Waals surface area contributed by atoms with Gasteiger partial charge in [-0.3, -0.25) is 4.79 Å². The number of likely N-dealkylation sites (N-methyl/N-ethyl adjacent to an activating group) is 1. The van der Waals surface area contributed by atoms with Crippen LogP contribution in [0.1, 0.15) is 27.9 Å². The molecule has 4 rings (SSSR count). The van der Waals surface area contributed by atoms with Gasteiger partial charge < -0.3 is 14.4 Å². The molecule has 27 heavy (non-hydrogen) atoms. The number of carbonyl (C=O) groups is 1. The first kappa shape index (κ1) is 17.7. The van der Waals surface area contributed by atoms with Crippen LogP contribution in [0.5, 0.6) is 0 Å². The maximum absolute atomic E-state index is 12.7. The summed E-state index contributed by atoms with van der Waals surface area (Å²) in [6, 6.07) is 14.8. The average Bonchev–Trinajstić information content (AvgIpc) is 3.29. The Morgan fingerprint density at radius 1 is 1.19 bits per heavy atom. The molecule has 1 aromatic heterocycles. The summed E-state index contributed by atoms with van der Waals surface area (Å²) in [5, 5.41) is 0. The number of likely N-dealkylation sites (tertiary alicyclic amines) is 1. The number of imidazole rings is 1. The standard InChI is InChI=1S/C22H26N4O/c1-16-4-9-21-20(12-16)23-15-26(21)13-17-5-7-18(8-6-17)22(27)25-11-10-19(14-25)24(2)3/h4-9,12,15,19H,10-11,13-14H2,1-3H3. The zero-order chi connectivity index (χ0) is 19.0. The van der Waals surface area contributed by atoms with Crippen LogP contribution in [0.3, 0.4) is 0 Å². The summed E-state index contributed by atoms with van der Waals surface area (Å²) in [4.78, 5) is 21.4. The number of nitrogens with zero attached hydrogens (tertiary/aromatic N) is 4. The van der Waals surface area contributed by atoms with Gasteiger partial charge >= 0.3 is 0 Å². The SMILES string of the molecule is Cc1ccc2c(c1)ncn2Cc1ccc(C(=O)N2CCC(N(C)C)C2)cc1. The van der Waals surface area contributed by atoms with Crippen LogP contribution in [0, 0.1) is 6.92 Å². The van der Waals surface area contributed by atoms with E-state index in [1.165, 1.54) is 11.1 Å². The van der Waals surface area contributed by atoms with Gasteiger partial charge in [-0.2, -0.15) is 0 Å². The molecule has 3 aromatic rings. The first-order chi connectivity index (χ1) is 13.0. The summed E-state index contributed by atoms with van der Waals surface area (Å²) < 4.78 is 2.15. The first-order valence-electron chi connectivity index (χ1n) is 9.47. The zero-order valence-corrected chi connectivity index (χ0v) is 16.2. The molecule has 1 amide bonds. The van der Waals surface area contributed by atoms with E-state index in [1.807, 2.05) is 35.5 Å². The molecule has 1 aliphatic rings. The number of fused-ring (bicyclic) bond motifs is 1. The van der Waals surface area contributed by atoms with Gasteiger partial charge in [0.2, 0.25) is 0 Å². The molecule has 1 unspecified atom stereocenters. The second kappa shape index (κ2) is 7.16. The highest BCUT2D eigenvalue weighted by Gasteiger charge is 2.27. The number of aromatic nitrogens is 2. The maximum atomic E-state index is 12.7. The van der Waals surface area contributed by atoms with Crippen molar-refractivity contribution in [2.75, 3.05) is 27.2 Å². The Morgan fingerprint density at radius 2 is 1.96 bits per heavy atom. The number of hydrogen-bond acceptors (Lipinski definition) is 3. The highest BCUT2D eigenvalue weighted by molar-refractivity contribution is 5.94. The molecule has 140 valence electrons. The quantitative estimate of drug-likeness (QED) is 0.716. The highest BCUT2D eigenvalue weighted by atomic mass is 16.2. The summed E-state index contributed by atoms with van der Waals surface area (Å²) in [7, 11) is 4.16. The molecular weight excluding hydrogens is 336 g/mol. The van der Waals surface area contributed by atoms with Crippen molar-refractivity contribution in [1.82, 2.24) is 19.4 Å². The number of amides is 1. The average molecular weight is 362 g/mol. The van der Waals surface area contributed by atoms with Gasteiger partial charge in [-0.15, -0.1) is 0 Å². The van der Waals surface area contributed by atoms with Crippen LogP contribution in [-0.4, -0.2) is 58.5 Å². The van der Waals surface area contributed by atoms with Crippen LogP contribution >= 0.6 is 0 Å². The Balaban J connectivity index is 1.46. The smallest absolute Gasteiger partial charge is 0.253 e. The lowest BCUT2D eigenvalue weighted by Crippen LogP contribution is -2.34. The van der Waals surface area contributed by atoms with E-state index in [2.05, 4.69) is 53.7 Å². The molecule has 0 radical (unpaired) electrons. The normalized spacial score (nSPS) is 17.2. The van der Waals surface area contributed by atoms with Gasteiger partial charge in [-0.1, -0.05) is 18.2 Å². The zero-order valence-electron chi connectivity index (χ0n) is 16.2. The minimum absolute atomic E-state index is 0.134. The van der Waals surface area contributed by atoms with E-state index in [0.29, 0.717) is 6.04 Å². The fraction of sp³-hybridized carbons (Fsp3) is 0.364. The Morgan fingerprint density at radius 3 is 2.67 bits per heavy atom. The summed E-state index contributed by atoms with van der Waals surface area (Å²) in [5.74, 6) is 0.134. The Bertz CT molecular complexity index is 958. The third kappa shape index (κ3) is 3.60. The van der Waals surface area contributed by atoms with Gasteiger partial charge in [0.25, 0.3) is 5.91 Å². The van der Waals surface area contributed by atoms with E-state index in [-0.39, 0.29) is 5.91 Å². The van der Waals surface area contributed by atoms with E-state index in [4.69, 9.17) is 0 Å². The van der Waals surface area contributed by atoms with E-state index in [9.17, 15) is 4.79 Å². The lowest BCUT2D eigenvalue weighted by molar-refractivity contribution is 0.0783. The van der Waals surface area contributed by atoms with Crippen LogP contribution in [0.15, 0.2) is 48.8 Å². The van der Waals surface area contributed by atoms with Crippen molar-refractivity contribution < 1.29 is 4.79 Å². The number of rotatable bonds is 4. The van der Waals surface area contributed by atoms with Crippen LogP contribution in [-0.2, 0) is 6.54 Å². The van der Waals surface area contributed by atoms with Gasteiger partial charge in [0.15, 0.2) is 0 Å². The molecule has 1 aliphatic heterocycles. The molecule has 2 heterocycles. The Labute approximate surface area is 160 Å². The third-order valence-electron chi connectivity index (χ3n) is 5.51. The molecule has 0 N–H and O–H groups in total. The van der Waals surface area contributed by atoms with Crippen molar-refractivity contribution in [3.8, 4) is 0 Å². The van der Waals surface area contributed by atoms with E-state index in [1.54, 1.807) is 0 Å². The van der Waals surface area contributed by atoms with Crippen molar-refractivity contribution in [2.24, 2.45) is 0 Å². The Kier molecular flexibility index (Phi) is 4.70. The van der Waals surface area contributed by atoms with Crippen molar-refractivity contribution in [1.29, 1.82) is 0 Å². The number of benzene rings is 2. The summed E-state index contributed by atoms with van der Waals surface area (Å²) >= 11 is 0. The monoisotopic (exact) mass is 362 g/mol. The first-order valence-corrected chi connectivity index (χ1v) is 9.47. The molecular formula is C22H26N4O. The van der Waals surface area contributed by atoms with E-state index >= 15 is 0 Å². The largest absolute Gasteiger partial charge is 0.337 e. The molecule has 0 aliphatic carbocycles. The van der Waals surface area contributed by atoms with Gasteiger partial charge in [-0.25, -0.2) is 4.98 Å². The lowest BCUT2D eigenvalue weighted by atomic mass is 10.1. The van der Waals surface area contributed by atoms with Gasteiger partial charge in [0.1, 0.15) is 0 Å². The van der Waals surface area contributed by atoms with Gasteiger partial charge in [-0.05, 0) is 62.8 Å². The van der Waals surface area contributed by atoms with Gasteiger partial charge in [0, 0.05) is 31.2 Å². The fourth-order valence-electron chi connectivity index (χ4n) is 3.78. The second-order valence-electron chi connectivity index (χ2n) is 7.72. The van der Waals surface area contributed by atoms with Crippen molar-refractivity contribution in [3.63, 3.8) is 0 Å². The van der Waals surface area contributed by atoms with Crippen molar-refractivity contribution in [2.45, 2.75) is 25.9 Å².